The third-order valence-corrected chi connectivity index (χ3v) is 4.67. The molecule has 2 heterocycles. The number of carbonyl (C=O) groups excluding carboxylic acids is 1. The summed E-state index contributed by atoms with van der Waals surface area (Å²) < 4.78 is 12.8. The average Bonchev–Trinajstić information content (AvgIpc) is 3.44. The van der Waals surface area contributed by atoms with E-state index < -0.39 is 0 Å². The van der Waals surface area contributed by atoms with Gasteiger partial charge in [-0.05, 0) is 35.9 Å². The number of halogens is 1. The Kier molecular flexibility index (Phi) is 5.72. The normalized spacial score (nSPS) is 10.8. The molecule has 2 aromatic carbocycles. The fourth-order valence-electron chi connectivity index (χ4n) is 2.82. The van der Waals surface area contributed by atoms with Gasteiger partial charge in [0.15, 0.2) is 11.7 Å². The molecule has 0 aliphatic heterocycles. The first-order valence-corrected chi connectivity index (χ1v) is 9.51. The molecule has 0 aliphatic carbocycles. The quantitative estimate of drug-likeness (QED) is 0.409. The van der Waals surface area contributed by atoms with E-state index in [9.17, 15) is 4.79 Å². The first kappa shape index (κ1) is 19.0. The molecule has 0 radical (unpaired) electrons. The van der Waals surface area contributed by atoms with E-state index in [-0.39, 0.29) is 19.0 Å². The predicted octanol–water partition coefficient (Wildman–Crippen LogP) is 4.86. The molecule has 0 unspecified atom stereocenters. The summed E-state index contributed by atoms with van der Waals surface area (Å²) >= 11 is 6.17. The highest BCUT2D eigenvalue weighted by molar-refractivity contribution is 6.33. The lowest BCUT2D eigenvalue weighted by Crippen LogP contribution is -2.06. The molecule has 6 nitrogen and oxygen atoms in total. The first-order chi connectivity index (χ1) is 14.2. The van der Waals surface area contributed by atoms with Gasteiger partial charge in [0.2, 0.25) is 0 Å². The van der Waals surface area contributed by atoms with Crippen LogP contribution < -0.4 is 0 Å². The number of oxazole rings is 1. The second-order valence-electron chi connectivity index (χ2n) is 6.38. The summed E-state index contributed by atoms with van der Waals surface area (Å²) in [6.07, 6.45) is 5.76. The van der Waals surface area contributed by atoms with Crippen LogP contribution in [0.2, 0.25) is 5.02 Å². The third kappa shape index (κ3) is 4.73. The highest BCUT2D eigenvalue weighted by Gasteiger charge is 2.12. The van der Waals surface area contributed by atoms with E-state index >= 15 is 0 Å². The van der Waals surface area contributed by atoms with Gasteiger partial charge in [-0.2, -0.15) is 5.10 Å². The number of ether oxygens (including phenoxy) is 1. The summed E-state index contributed by atoms with van der Waals surface area (Å²) in [5.74, 6) is 0.746. The number of aromatic nitrogens is 3. The largest absolute Gasteiger partial charge is 0.461 e. The molecule has 29 heavy (non-hydrogen) atoms. The van der Waals surface area contributed by atoms with Gasteiger partial charge in [-0.3, -0.25) is 4.79 Å². The number of hydrogen-bond acceptors (Lipinski definition) is 5. The van der Waals surface area contributed by atoms with E-state index in [2.05, 4.69) is 10.1 Å². The van der Waals surface area contributed by atoms with Gasteiger partial charge in [-0.25, -0.2) is 9.67 Å². The summed E-state index contributed by atoms with van der Waals surface area (Å²) in [5.41, 5.74) is 2.63. The van der Waals surface area contributed by atoms with Crippen LogP contribution >= 0.6 is 11.6 Å². The Morgan fingerprint density at radius 2 is 1.93 bits per heavy atom. The van der Waals surface area contributed by atoms with E-state index in [1.807, 2.05) is 54.7 Å². The van der Waals surface area contributed by atoms with E-state index in [1.54, 1.807) is 23.1 Å². The molecule has 0 amide bonds. The maximum absolute atomic E-state index is 12.0. The van der Waals surface area contributed by atoms with Gasteiger partial charge >= 0.3 is 5.97 Å². The Morgan fingerprint density at radius 1 is 1.10 bits per heavy atom. The monoisotopic (exact) mass is 407 g/mol. The molecule has 0 fully saturated rings. The Labute approximate surface area is 172 Å². The molecule has 2 aromatic heterocycles. The number of hydrogen-bond donors (Lipinski definition) is 0. The van der Waals surface area contributed by atoms with Crippen molar-refractivity contribution in [3.63, 3.8) is 0 Å². The number of nitrogens with zero attached hydrogens (tertiary/aromatic N) is 3. The molecule has 0 atom stereocenters. The highest BCUT2D eigenvalue weighted by atomic mass is 35.5. The second-order valence-corrected chi connectivity index (χ2v) is 6.78. The van der Waals surface area contributed by atoms with Gasteiger partial charge in [-0.15, -0.1) is 0 Å². The maximum atomic E-state index is 12.0. The van der Waals surface area contributed by atoms with Crippen LogP contribution in [0.5, 0.6) is 0 Å². The molecule has 0 aliphatic rings. The molecule has 7 heteroatoms. The van der Waals surface area contributed by atoms with Crippen molar-refractivity contribution in [3.05, 3.63) is 89.7 Å². The maximum Gasteiger partial charge on any atom is 0.306 e. The highest BCUT2D eigenvalue weighted by Crippen LogP contribution is 2.28. The third-order valence-electron chi connectivity index (χ3n) is 4.34. The van der Waals surface area contributed by atoms with Crippen LogP contribution in [0.15, 0.2) is 77.6 Å². The number of esters is 1. The van der Waals surface area contributed by atoms with Crippen molar-refractivity contribution in [2.75, 3.05) is 0 Å². The van der Waals surface area contributed by atoms with Crippen LogP contribution in [0.1, 0.15) is 17.9 Å². The molecule has 0 saturated carbocycles. The summed E-state index contributed by atoms with van der Waals surface area (Å²) in [6, 6.07) is 16.9. The molecule has 0 spiro atoms. The van der Waals surface area contributed by atoms with Crippen molar-refractivity contribution in [3.8, 4) is 17.0 Å². The van der Waals surface area contributed by atoms with E-state index in [4.69, 9.17) is 20.8 Å². The summed E-state index contributed by atoms with van der Waals surface area (Å²) in [4.78, 5) is 16.3. The zero-order valence-corrected chi connectivity index (χ0v) is 16.2. The van der Waals surface area contributed by atoms with E-state index in [0.29, 0.717) is 23.1 Å². The zero-order valence-electron chi connectivity index (χ0n) is 15.5. The van der Waals surface area contributed by atoms with E-state index in [0.717, 1.165) is 16.8 Å². The van der Waals surface area contributed by atoms with Gasteiger partial charge < -0.3 is 9.15 Å². The zero-order chi connectivity index (χ0) is 20.1. The van der Waals surface area contributed by atoms with Crippen LogP contribution in [-0.4, -0.2) is 20.7 Å². The minimum Gasteiger partial charge on any atom is -0.461 e. The first-order valence-electron chi connectivity index (χ1n) is 9.13. The Balaban J connectivity index is 1.27. The van der Waals surface area contributed by atoms with Crippen LogP contribution in [0.3, 0.4) is 0 Å². The van der Waals surface area contributed by atoms with Crippen molar-refractivity contribution >= 4 is 17.6 Å². The Morgan fingerprint density at radius 3 is 2.69 bits per heavy atom. The standard InChI is InChI=1S/C22H18ClN3O3/c23-19-5-2-1-4-18(19)20-14-24-21(29-20)10-11-22(27)28-15-16-6-8-17(9-7-16)26-13-3-12-25-26/h1-9,12-14H,10-11,15H2. The van der Waals surface area contributed by atoms with Crippen LogP contribution in [0.25, 0.3) is 17.0 Å². The Bertz CT molecular complexity index is 1090. The van der Waals surface area contributed by atoms with Crippen molar-refractivity contribution in [2.45, 2.75) is 19.4 Å². The molecule has 146 valence electrons. The van der Waals surface area contributed by atoms with Crippen molar-refractivity contribution in [1.82, 2.24) is 14.8 Å². The number of carbonyl (C=O) groups is 1. The Hall–Kier alpha value is -3.38. The fourth-order valence-corrected chi connectivity index (χ4v) is 3.05. The van der Waals surface area contributed by atoms with Crippen LogP contribution in [0, 0.1) is 0 Å². The lowest BCUT2D eigenvalue weighted by atomic mass is 10.2. The molecule has 4 rings (SSSR count). The van der Waals surface area contributed by atoms with Gasteiger partial charge in [0.05, 0.1) is 23.3 Å². The number of rotatable bonds is 7. The van der Waals surface area contributed by atoms with Crippen LogP contribution in [0.4, 0.5) is 0 Å². The summed E-state index contributed by atoms with van der Waals surface area (Å²) in [5, 5.41) is 4.77. The van der Waals surface area contributed by atoms with Crippen LogP contribution in [-0.2, 0) is 22.6 Å². The van der Waals surface area contributed by atoms with E-state index in [1.165, 1.54) is 0 Å². The average molecular weight is 408 g/mol. The van der Waals surface area contributed by atoms with Gasteiger partial charge in [0.25, 0.3) is 0 Å². The topological polar surface area (TPSA) is 70.2 Å². The predicted molar refractivity (Wildman–Crippen MR) is 109 cm³/mol. The van der Waals surface area contributed by atoms with Crippen molar-refractivity contribution in [1.29, 1.82) is 0 Å². The SMILES string of the molecule is O=C(CCc1ncc(-c2ccccc2Cl)o1)OCc1ccc(-n2cccn2)cc1. The fraction of sp³-hybridized carbons (Fsp3) is 0.136. The smallest absolute Gasteiger partial charge is 0.306 e. The minimum atomic E-state index is -0.307. The summed E-state index contributed by atoms with van der Waals surface area (Å²) in [7, 11) is 0. The molecule has 0 bridgehead atoms. The van der Waals surface area contributed by atoms with Gasteiger partial charge in [0, 0.05) is 24.4 Å². The lowest BCUT2D eigenvalue weighted by molar-refractivity contribution is -0.145. The molecule has 4 aromatic rings. The number of benzene rings is 2. The number of aryl methyl sites for hydroxylation is 1. The molecule has 0 N–H and O–H groups in total. The van der Waals surface area contributed by atoms with Gasteiger partial charge in [-0.1, -0.05) is 35.9 Å². The second kappa shape index (κ2) is 8.75. The lowest BCUT2D eigenvalue weighted by Gasteiger charge is -2.06. The van der Waals surface area contributed by atoms with Gasteiger partial charge in [0.1, 0.15) is 6.61 Å². The molecule has 0 saturated heterocycles. The molecular formula is C22H18ClN3O3. The van der Waals surface area contributed by atoms with Crippen molar-refractivity contribution in [2.24, 2.45) is 0 Å². The molecular weight excluding hydrogens is 390 g/mol. The summed E-state index contributed by atoms with van der Waals surface area (Å²) in [6.45, 7) is 0.217. The minimum absolute atomic E-state index is 0.188. The van der Waals surface area contributed by atoms with Crippen molar-refractivity contribution < 1.29 is 13.9 Å².